The molecule has 0 unspecified atom stereocenters. The Morgan fingerprint density at radius 1 is 0.955 bits per heavy atom. The predicted octanol–water partition coefficient (Wildman–Crippen LogP) is 5.49. The Morgan fingerprint density at radius 2 is 1.64 bits per heavy atom. The number of rotatable bonds is 5. The van der Waals surface area contributed by atoms with Crippen molar-refractivity contribution in [3.63, 3.8) is 0 Å². The molecule has 0 saturated carbocycles. The number of hydrogen-bond acceptors (Lipinski definition) is 3. The van der Waals surface area contributed by atoms with Gasteiger partial charge < -0.3 is 4.74 Å². The Labute approximate surface area is 141 Å². The molecule has 1 heterocycles. The van der Waals surface area contributed by atoms with E-state index in [0.717, 1.165) is 18.8 Å². The Bertz CT molecular complexity index is 571. The summed E-state index contributed by atoms with van der Waals surface area (Å²) in [5.41, 5.74) is 4.05. The number of aryl methyl sites for hydroxylation is 1. The van der Waals surface area contributed by atoms with Gasteiger partial charge in [-0.2, -0.15) is 0 Å². The Balaban J connectivity index is 1.49. The lowest BCUT2D eigenvalue weighted by atomic mass is 10.1. The van der Waals surface area contributed by atoms with E-state index in [4.69, 9.17) is 4.74 Å². The molecule has 1 aliphatic rings. The molecule has 1 nitrogen and oxygen atoms in total. The number of ether oxygens (including phenoxy) is 1. The maximum absolute atomic E-state index is 5.87. The van der Waals surface area contributed by atoms with Gasteiger partial charge in [-0.1, -0.05) is 42.0 Å². The van der Waals surface area contributed by atoms with Crippen LogP contribution in [0.4, 0.5) is 0 Å². The predicted molar refractivity (Wildman–Crippen MR) is 99.1 cm³/mol. The fourth-order valence-electron chi connectivity index (χ4n) is 2.44. The van der Waals surface area contributed by atoms with Crippen LogP contribution in [0.15, 0.2) is 48.5 Å². The molecular weight excluding hydrogens is 308 g/mol. The molecule has 1 saturated heterocycles. The zero-order valence-corrected chi connectivity index (χ0v) is 14.6. The Hall–Kier alpha value is -1.06. The van der Waals surface area contributed by atoms with Gasteiger partial charge >= 0.3 is 0 Å². The minimum atomic E-state index is 0.607. The van der Waals surface area contributed by atoms with Crippen LogP contribution in [0.2, 0.25) is 0 Å². The van der Waals surface area contributed by atoms with Gasteiger partial charge in [0.05, 0.1) is 11.2 Å². The van der Waals surface area contributed by atoms with Crippen LogP contribution in [0, 0.1) is 6.92 Å². The molecule has 116 valence electrons. The molecule has 3 rings (SSSR count). The summed E-state index contributed by atoms with van der Waals surface area (Å²) in [5, 5.41) is 0. The van der Waals surface area contributed by atoms with Crippen LogP contribution in [0.3, 0.4) is 0 Å². The molecule has 0 N–H and O–H groups in total. The molecule has 0 amide bonds. The summed E-state index contributed by atoms with van der Waals surface area (Å²) in [6, 6.07) is 17.3. The first-order valence-electron chi connectivity index (χ1n) is 7.83. The Kier molecular flexibility index (Phi) is 5.74. The van der Waals surface area contributed by atoms with Gasteiger partial charge in [0.25, 0.3) is 0 Å². The van der Waals surface area contributed by atoms with Gasteiger partial charge in [0.2, 0.25) is 0 Å². The van der Waals surface area contributed by atoms with Crippen LogP contribution in [-0.4, -0.2) is 18.1 Å². The van der Waals surface area contributed by atoms with Crippen LogP contribution in [0.1, 0.15) is 27.7 Å². The summed E-state index contributed by atoms with van der Waals surface area (Å²) >= 11 is 4.12. The van der Waals surface area contributed by atoms with Crippen LogP contribution >= 0.6 is 23.5 Å². The van der Waals surface area contributed by atoms with Gasteiger partial charge in [0.1, 0.15) is 5.75 Å². The molecule has 0 aliphatic carbocycles. The molecule has 22 heavy (non-hydrogen) atoms. The molecule has 0 spiro atoms. The summed E-state index contributed by atoms with van der Waals surface area (Å²) in [5.74, 6) is 3.54. The van der Waals surface area contributed by atoms with Gasteiger partial charge in [-0.05, 0) is 48.1 Å². The van der Waals surface area contributed by atoms with Crippen molar-refractivity contribution in [3.05, 3.63) is 65.2 Å². The summed E-state index contributed by atoms with van der Waals surface area (Å²) in [7, 11) is 0. The summed E-state index contributed by atoms with van der Waals surface area (Å²) in [6.07, 6.45) is 2.29. The highest BCUT2D eigenvalue weighted by atomic mass is 32.2. The fraction of sp³-hybridized carbons (Fsp3) is 0.368. The highest BCUT2D eigenvalue weighted by Gasteiger charge is 2.16. The average Bonchev–Trinajstić information content (AvgIpc) is 2.58. The van der Waals surface area contributed by atoms with E-state index in [1.165, 1.54) is 34.6 Å². The minimum absolute atomic E-state index is 0.607. The van der Waals surface area contributed by atoms with E-state index in [9.17, 15) is 0 Å². The first-order valence-corrected chi connectivity index (χ1v) is 9.92. The fourth-order valence-corrected chi connectivity index (χ4v) is 5.34. The van der Waals surface area contributed by atoms with Crippen molar-refractivity contribution in [2.45, 2.75) is 24.3 Å². The second-order valence-electron chi connectivity index (χ2n) is 5.58. The van der Waals surface area contributed by atoms with E-state index < -0.39 is 0 Å². The highest BCUT2D eigenvalue weighted by Crippen LogP contribution is 2.43. The molecule has 0 bridgehead atoms. The van der Waals surface area contributed by atoms with E-state index in [1.807, 2.05) is 0 Å². The minimum Gasteiger partial charge on any atom is -0.493 e. The summed E-state index contributed by atoms with van der Waals surface area (Å²) in [6.45, 7) is 2.85. The first kappa shape index (κ1) is 15.8. The van der Waals surface area contributed by atoms with Gasteiger partial charge in [0.15, 0.2) is 0 Å². The van der Waals surface area contributed by atoms with Crippen LogP contribution in [0.25, 0.3) is 0 Å². The lowest BCUT2D eigenvalue weighted by molar-refractivity contribution is 0.322. The molecule has 1 aliphatic heterocycles. The van der Waals surface area contributed by atoms with Gasteiger partial charge in [-0.15, -0.1) is 23.5 Å². The van der Waals surface area contributed by atoms with Crippen LogP contribution in [-0.2, 0) is 6.42 Å². The lowest BCUT2D eigenvalue weighted by Crippen LogP contribution is -2.02. The third-order valence-corrected chi connectivity index (χ3v) is 6.77. The van der Waals surface area contributed by atoms with Gasteiger partial charge in [0, 0.05) is 6.42 Å². The van der Waals surface area contributed by atoms with Crippen molar-refractivity contribution >= 4 is 23.5 Å². The monoisotopic (exact) mass is 330 g/mol. The van der Waals surface area contributed by atoms with E-state index in [1.54, 1.807) is 0 Å². The molecule has 2 aromatic rings. The largest absolute Gasteiger partial charge is 0.493 e. The first-order chi connectivity index (χ1) is 10.8. The van der Waals surface area contributed by atoms with Crippen molar-refractivity contribution in [1.29, 1.82) is 0 Å². The van der Waals surface area contributed by atoms with Crippen LogP contribution in [0.5, 0.6) is 5.75 Å². The molecule has 0 radical (unpaired) electrons. The normalized spacial score (nSPS) is 15.7. The van der Waals surface area contributed by atoms with Gasteiger partial charge in [-0.25, -0.2) is 0 Å². The highest BCUT2D eigenvalue weighted by molar-refractivity contribution is 8.16. The Morgan fingerprint density at radius 3 is 2.32 bits per heavy atom. The maximum Gasteiger partial charge on any atom is 0.119 e. The molecule has 1 fully saturated rings. The van der Waals surface area contributed by atoms with E-state index >= 15 is 0 Å². The second-order valence-corrected chi connectivity index (χ2v) is 8.30. The average molecular weight is 331 g/mol. The van der Waals surface area contributed by atoms with E-state index in [-0.39, 0.29) is 0 Å². The zero-order valence-electron chi connectivity index (χ0n) is 13.0. The standard InChI is InChI=1S/C19H22OS2/c1-15-3-5-16(6-4-15)11-12-20-18-9-7-17(8-10-18)19-21-13-2-14-22-19/h3-10,19H,2,11-14H2,1H3. The zero-order chi connectivity index (χ0) is 15.2. The van der Waals surface area contributed by atoms with Crippen molar-refractivity contribution in [1.82, 2.24) is 0 Å². The van der Waals surface area contributed by atoms with Crippen molar-refractivity contribution in [2.75, 3.05) is 18.1 Å². The molecular formula is C19H22OS2. The quantitative estimate of drug-likeness (QED) is 0.718. The summed E-state index contributed by atoms with van der Waals surface area (Å²) in [4.78, 5) is 0. The second kappa shape index (κ2) is 7.98. The molecule has 3 heteroatoms. The summed E-state index contributed by atoms with van der Waals surface area (Å²) < 4.78 is 6.48. The molecule has 0 aromatic heterocycles. The number of benzene rings is 2. The smallest absolute Gasteiger partial charge is 0.119 e. The van der Waals surface area contributed by atoms with Crippen molar-refractivity contribution < 1.29 is 4.74 Å². The van der Waals surface area contributed by atoms with Crippen molar-refractivity contribution in [3.8, 4) is 5.75 Å². The molecule has 2 aromatic carbocycles. The number of hydrogen-bond donors (Lipinski definition) is 0. The molecule has 0 atom stereocenters. The van der Waals surface area contributed by atoms with Gasteiger partial charge in [-0.3, -0.25) is 0 Å². The van der Waals surface area contributed by atoms with E-state index in [0.29, 0.717) is 4.58 Å². The number of thioether (sulfide) groups is 2. The topological polar surface area (TPSA) is 9.23 Å². The lowest BCUT2D eigenvalue weighted by Gasteiger charge is -2.21. The maximum atomic E-state index is 5.87. The van der Waals surface area contributed by atoms with Crippen molar-refractivity contribution in [2.24, 2.45) is 0 Å². The van der Waals surface area contributed by atoms with E-state index in [2.05, 4.69) is 79.0 Å². The van der Waals surface area contributed by atoms with Crippen LogP contribution < -0.4 is 4.74 Å². The third-order valence-electron chi connectivity index (χ3n) is 3.76. The third kappa shape index (κ3) is 4.47. The SMILES string of the molecule is Cc1ccc(CCOc2ccc(C3SCCCS3)cc2)cc1.